The van der Waals surface area contributed by atoms with Gasteiger partial charge in [-0.25, -0.2) is 0 Å². The van der Waals surface area contributed by atoms with Crippen LogP contribution in [0.4, 0.5) is 0 Å². The predicted octanol–water partition coefficient (Wildman–Crippen LogP) is 3.87. The van der Waals surface area contributed by atoms with Crippen LogP contribution in [0.15, 0.2) is 58.8 Å². The summed E-state index contributed by atoms with van der Waals surface area (Å²) < 4.78 is 7.28. The highest BCUT2D eigenvalue weighted by molar-refractivity contribution is 7.99. The van der Waals surface area contributed by atoms with Crippen molar-refractivity contribution in [2.24, 2.45) is 5.10 Å². The van der Waals surface area contributed by atoms with Gasteiger partial charge in [0.15, 0.2) is 5.82 Å². The molecule has 0 fully saturated rings. The lowest BCUT2D eigenvalue weighted by molar-refractivity contribution is 0.416. The zero-order chi connectivity index (χ0) is 17.2. The summed E-state index contributed by atoms with van der Waals surface area (Å²) in [6, 6.07) is 16.4. The first-order valence-electron chi connectivity index (χ1n) is 8.19. The summed E-state index contributed by atoms with van der Waals surface area (Å²) >= 11 is 1.65. The molecule has 0 atom stereocenters. The van der Waals surface area contributed by atoms with Gasteiger partial charge in [-0.3, -0.25) is 0 Å². The lowest BCUT2D eigenvalue weighted by Gasteiger charge is -2.15. The number of para-hydroxylation sites is 1. The molecule has 1 aliphatic heterocycles. The minimum absolute atomic E-state index is 0.697. The Bertz CT molecular complexity index is 931. The average Bonchev–Trinajstić information content (AvgIpc) is 3.11. The van der Waals surface area contributed by atoms with Gasteiger partial charge in [-0.15, -0.1) is 10.2 Å². The fourth-order valence-corrected chi connectivity index (χ4v) is 3.64. The van der Waals surface area contributed by atoms with Crippen molar-refractivity contribution < 1.29 is 4.74 Å². The summed E-state index contributed by atoms with van der Waals surface area (Å²) in [5.41, 5.74) is 4.37. The van der Waals surface area contributed by atoms with Gasteiger partial charge in [-0.1, -0.05) is 55.1 Å². The Morgan fingerprint density at radius 2 is 1.88 bits per heavy atom. The molecule has 1 aliphatic rings. The van der Waals surface area contributed by atoms with E-state index in [1.54, 1.807) is 18.9 Å². The van der Waals surface area contributed by atoms with Crippen molar-refractivity contribution in [1.29, 1.82) is 0 Å². The first-order valence-corrected chi connectivity index (χ1v) is 9.17. The highest BCUT2D eigenvalue weighted by Gasteiger charge is 2.22. The number of rotatable bonds is 4. The molecule has 5 nitrogen and oxygen atoms in total. The van der Waals surface area contributed by atoms with Gasteiger partial charge in [0.2, 0.25) is 5.16 Å². The number of hydrogen-bond donors (Lipinski definition) is 0. The van der Waals surface area contributed by atoms with E-state index in [1.165, 1.54) is 5.56 Å². The Labute approximate surface area is 150 Å². The third-order valence-corrected chi connectivity index (χ3v) is 5.14. The van der Waals surface area contributed by atoms with Crippen molar-refractivity contribution in [3.8, 4) is 17.1 Å². The second kappa shape index (κ2) is 6.72. The summed E-state index contributed by atoms with van der Waals surface area (Å²) in [5, 5.41) is 14.2. The normalized spacial score (nSPS) is 13.3. The molecule has 0 unspecified atom stereocenters. The summed E-state index contributed by atoms with van der Waals surface area (Å²) in [6.45, 7) is 2.16. The van der Waals surface area contributed by atoms with Gasteiger partial charge in [0.25, 0.3) is 0 Å². The smallest absolute Gasteiger partial charge is 0.212 e. The second-order valence-electron chi connectivity index (χ2n) is 5.70. The van der Waals surface area contributed by atoms with E-state index in [0.717, 1.165) is 39.9 Å². The van der Waals surface area contributed by atoms with E-state index in [-0.39, 0.29) is 0 Å². The van der Waals surface area contributed by atoms with Crippen LogP contribution in [0.25, 0.3) is 11.4 Å². The van der Waals surface area contributed by atoms with E-state index < -0.39 is 0 Å². The van der Waals surface area contributed by atoms with Crippen molar-refractivity contribution in [2.75, 3.05) is 12.9 Å². The topological polar surface area (TPSA) is 52.3 Å². The summed E-state index contributed by atoms with van der Waals surface area (Å²) in [6.07, 6.45) is 1.04. The van der Waals surface area contributed by atoms with E-state index >= 15 is 0 Å². The van der Waals surface area contributed by atoms with Gasteiger partial charge >= 0.3 is 0 Å². The minimum Gasteiger partial charge on any atom is -0.496 e. The molecule has 1 aromatic heterocycles. The molecule has 25 heavy (non-hydrogen) atoms. The Morgan fingerprint density at radius 3 is 2.64 bits per heavy atom. The molecule has 4 rings (SSSR count). The number of hydrogen-bond acceptors (Lipinski definition) is 5. The van der Waals surface area contributed by atoms with Gasteiger partial charge < -0.3 is 4.74 Å². The van der Waals surface area contributed by atoms with E-state index in [1.807, 2.05) is 28.9 Å². The SMILES string of the molecule is CCc1ccc(C2=Nn3c(nnc3-c3ccccc3OC)SC2)cc1. The van der Waals surface area contributed by atoms with Crippen molar-refractivity contribution in [1.82, 2.24) is 14.9 Å². The molecule has 0 saturated heterocycles. The Kier molecular flexibility index (Phi) is 4.28. The molecule has 0 amide bonds. The number of fused-ring (bicyclic) bond motifs is 1. The maximum absolute atomic E-state index is 5.46. The maximum Gasteiger partial charge on any atom is 0.212 e. The van der Waals surface area contributed by atoms with E-state index in [4.69, 9.17) is 9.84 Å². The van der Waals surface area contributed by atoms with E-state index in [0.29, 0.717) is 5.82 Å². The third kappa shape index (κ3) is 2.93. The molecule has 0 spiro atoms. The van der Waals surface area contributed by atoms with Crippen molar-refractivity contribution in [3.63, 3.8) is 0 Å². The van der Waals surface area contributed by atoms with Gasteiger partial charge in [0.05, 0.1) is 18.4 Å². The van der Waals surface area contributed by atoms with Crippen molar-refractivity contribution in [3.05, 3.63) is 59.7 Å². The van der Waals surface area contributed by atoms with Crippen LogP contribution < -0.4 is 4.74 Å². The molecular formula is C19H18N4OS. The molecule has 2 aromatic carbocycles. The number of aryl methyl sites for hydroxylation is 1. The van der Waals surface area contributed by atoms with Crippen LogP contribution in [0.3, 0.4) is 0 Å². The molecule has 126 valence electrons. The molecule has 3 aromatic rings. The Hall–Kier alpha value is -2.60. The monoisotopic (exact) mass is 350 g/mol. The zero-order valence-corrected chi connectivity index (χ0v) is 15.0. The van der Waals surface area contributed by atoms with E-state index in [9.17, 15) is 0 Å². The molecule has 0 N–H and O–H groups in total. The highest BCUT2D eigenvalue weighted by atomic mass is 32.2. The zero-order valence-electron chi connectivity index (χ0n) is 14.1. The second-order valence-corrected chi connectivity index (χ2v) is 6.65. The maximum atomic E-state index is 5.46. The first-order chi connectivity index (χ1) is 12.3. The van der Waals surface area contributed by atoms with Gasteiger partial charge in [0, 0.05) is 5.75 Å². The predicted molar refractivity (Wildman–Crippen MR) is 100 cm³/mol. The first kappa shape index (κ1) is 15.9. The Morgan fingerprint density at radius 1 is 1.08 bits per heavy atom. The van der Waals surface area contributed by atoms with E-state index in [2.05, 4.69) is 41.4 Å². The molecule has 6 heteroatoms. The molecule has 0 aliphatic carbocycles. The third-order valence-electron chi connectivity index (χ3n) is 4.21. The van der Waals surface area contributed by atoms with Crippen LogP contribution in [-0.2, 0) is 6.42 Å². The summed E-state index contributed by atoms with van der Waals surface area (Å²) in [5.74, 6) is 2.25. The fourth-order valence-electron chi connectivity index (χ4n) is 2.80. The summed E-state index contributed by atoms with van der Waals surface area (Å²) in [4.78, 5) is 0. The van der Waals surface area contributed by atoms with Crippen LogP contribution >= 0.6 is 11.8 Å². The lowest BCUT2D eigenvalue weighted by Crippen LogP contribution is -2.14. The fraction of sp³-hybridized carbons (Fsp3) is 0.211. The standard InChI is InChI=1S/C19H18N4OS/c1-3-13-8-10-14(11-9-13)16-12-25-19-21-20-18(23(19)22-16)15-6-4-5-7-17(15)24-2/h4-11H,3,12H2,1-2H3. The van der Waals surface area contributed by atoms with Gasteiger partial charge in [-0.2, -0.15) is 9.78 Å². The molecular weight excluding hydrogens is 332 g/mol. The number of thioether (sulfide) groups is 1. The van der Waals surface area contributed by atoms with Crippen molar-refractivity contribution >= 4 is 17.5 Å². The molecule has 0 radical (unpaired) electrons. The highest BCUT2D eigenvalue weighted by Crippen LogP contribution is 2.33. The van der Waals surface area contributed by atoms with Crippen LogP contribution in [0.5, 0.6) is 5.75 Å². The molecule has 0 bridgehead atoms. The molecule has 2 heterocycles. The number of aromatic nitrogens is 3. The van der Waals surface area contributed by atoms with Crippen LogP contribution in [0.2, 0.25) is 0 Å². The number of ether oxygens (including phenoxy) is 1. The van der Waals surface area contributed by atoms with Crippen LogP contribution in [-0.4, -0.2) is 33.4 Å². The largest absolute Gasteiger partial charge is 0.496 e. The van der Waals surface area contributed by atoms with Gasteiger partial charge in [0.1, 0.15) is 5.75 Å². The Balaban J connectivity index is 1.77. The quantitative estimate of drug-likeness (QED) is 0.717. The van der Waals surface area contributed by atoms with Crippen LogP contribution in [0.1, 0.15) is 18.1 Å². The number of nitrogens with zero attached hydrogens (tertiary/aromatic N) is 4. The minimum atomic E-state index is 0.697. The number of benzene rings is 2. The molecule has 0 saturated carbocycles. The van der Waals surface area contributed by atoms with Gasteiger partial charge in [-0.05, 0) is 29.7 Å². The summed E-state index contributed by atoms with van der Waals surface area (Å²) in [7, 11) is 1.66. The lowest BCUT2D eigenvalue weighted by atomic mass is 10.1. The average molecular weight is 350 g/mol. The van der Waals surface area contributed by atoms with Crippen molar-refractivity contribution in [2.45, 2.75) is 18.5 Å². The number of methoxy groups -OCH3 is 1. The van der Waals surface area contributed by atoms with Crippen LogP contribution in [0, 0.1) is 0 Å².